The maximum absolute atomic E-state index is 11.5. The van der Waals surface area contributed by atoms with E-state index in [0.717, 1.165) is 0 Å². The minimum absolute atomic E-state index is 0.0748. The predicted molar refractivity (Wildman–Crippen MR) is 56.2 cm³/mol. The number of carboxylic acids is 1. The van der Waals surface area contributed by atoms with E-state index in [9.17, 15) is 9.59 Å². The van der Waals surface area contributed by atoms with Crippen molar-refractivity contribution in [2.45, 2.75) is 6.04 Å². The van der Waals surface area contributed by atoms with E-state index in [1.54, 1.807) is 0 Å². The number of morpholine rings is 1. The first-order valence-electron chi connectivity index (χ1n) is 4.62. The third-order valence-electron chi connectivity index (χ3n) is 2.08. The van der Waals surface area contributed by atoms with Crippen LogP contribution < -0.4 is 5.32 Å². The van der Waals surface area contributed by atoms with Gasteiger partial charge in [0.15, 0.2) is 0 Å². The zero-order valence-corrected chi connectivity index (χ0v) is 9.07. The molecule has 15 heavy (non-hydrogen) atoms. The molecule has 7 heteroatoms. The van der Waals surface area contributed by atoms with Gasteiger partial charge in [0.1, 0.15) is 6.04 Å². The summed E-state index contributed by atoms with van der Waals surface area (Å²) in [6, 6.07) is -1.32. The Kier molecular flexibility index (Phi) is 4.70. The number of thiol groups is 1. The highest BCUT2D eigenvalue weighted by Gasteiger charge is 2.22. The standard InChI is InChI=1S/C8H14N2O4S/c11-7(12)6(5-15)9-8(13)10-1-3-14-4-2-10/h6,15H,1-5H2,(H,9,13)(H,11,12)/t6-/m0/s1. The van der Waals surface area contributed by atoms with E-state index < -0.39 is 12.0 Å². The molecule has 1 fully saturated rings. The summed E-state index contributed by atoms with van der Waals surface area (Å²) in [6.07, 6.45) is 0. The minimum atomic E-state index is -1.08. The molecule has 0 aromatic carbocycles. The lowest BCUT2D eigenvalue weighted by Gasteiger charge is -2.28. The zero-order valence-electron chi connectivity index (χ0n) is 8.18. The number of carbonyl (C=O) groups is 2. The summed E-state index contributed by atoms with van der Waals surface area (Å²) in [4.78, 5) is 23.7. The molecule has 0 aromatic heterocycles. The van der Waals surface area contributed by atoms with Gasteiger partial charge in [-0.15, -0.1) is 0 Å². The number of carboxylic acid groups (broad SMARTS) is 1. The van der Waals surface area contributed by atoms with E-state index in [-0.39, 0.29) is 11.8 Å². The summed E-state index contributed by atoms with van der Waals surface area (Å²) < 4.78 is 5.08. The van der Waals surface area contributed by atoms with Crippen LogP contribution in [0.15, 0.2) is 0 Å². The highest BCUT2D eigenvalue weighted by molar-refractivity contribution is 7.80. The average molecular weight is 234 g/mol. The van der Waals surface area contributed by atoms with Crippen LogP contribution in [0, 0.1) is 0 Å². The van der Waals surface area contributed by atoms with Gasteiger partial charge in [-0.1, -0.05) is 0 Å². The molecule has 2 amide bonds. The number of carbonyl (C=O) groups excluding carboxylic acids is 1. The molecule has 1 atom stereocenters. The first-order chi connectivity index (χ1) is 7.15. The van der Waals surface area contributed by atoms with Gasteiger partial charge in [0.2, 0.25) is 0 Å². The Morgan fingerprint density at radius 3 is 2.53 bits per heavy atom. The molecule has 2 N–H and O–H groups in total. The quantitative estimate of drug-likeness (QED) is 0.570. The normalized spacial score (nSPS) is 18.3. The van der Waals surface area contributed by atoms with E-state index in [2.05, 4.69) is 17.9 Å². The van der Waals surface area contributed by atoms with Crippen LogP contribution in [0.5, 0.6) is 0 Å². The highest BCUT2D eigenvalue weighted by atomic mass is 32.1. The van der Waals surface area contributed by atoms with Gasteiger partial charge in [0.05, 0.1) is 13.2 Å². The molecule has 0 unspecified atom stereocenters. The van der Waals surface area contributed by atoms with Crippen LogP contribution in [0.3, 0.4) is 0 Å². The smallest absolute Gasteiger partial charge is 0.327 e. The Bertz CT molecular complexity index is 243. The molecule has 0 spiro atoms. The fraction of sp³-hybridized carbons (Fsp3) is 0.750. The summed E-state index contributed by atoms with van der Waals surface area (Å²) >= 11 is 3.85. The van der Waals surface area contributed by atoms with Crippen molar-refractivity contribution in [2.75, 3.05) is 32.1 Å². The van der Waals surface area contributed by atoms with Gasteiger partial charge in [-0.3, -0.25) is 0 Å². The molecule has 1 aliphatic rings. The van der Waals surface area contributed by atoms with Gasteiger partial charge in [-0.2, -0.15) is 12.6 Å². The Labute approximate surface area is 93.0 Å². The van der Waals surface area contributed by atoms with Crippen molar-refractivity contribution in [3.05, 3.63) is 0 Å². The molecule has 6 nitrogen and oxygen atoms in total. The van der Waals surface area contributed by atoms with Gasteiger partial charge < -0.3 is 20.1 Å². The second-order valence-electron chi connectivity index (χ2n) is 3.12. The van der Waals surface area contributed by atoms with Gasteiger partial charge in [0, 0.05) is 18.8 Å². The monoisotopic (exact) mass is 234 g/mol. The Morgan fingerprint density at radius 1 is 1.47 bits per heavy atom. The van der Waals surface area contributed by atoms with Crippen LogP contribution in [0.25, 0.3) is 0 Å². The summed E-state index contributed by atoms with van der Waals surface area (Å²) in [5.74, 6) is -1.00. The Hall–Kier alpha value is -0.950. The van der Waals surface area contributed by atoms with Gasteiger partial charge in [-0.25, -0.2) is 9.59 Å². The van der Waals surface area contributed by atoms with Crippen molar-refractivity contribution in [2.24, 2.45) is 0 Å². The predicted octanol–water partition coefficient (Wildman–Crippen LogP) is -0.589. The summed E-state index contributed by atoms with van der Waals surface area (Å²) in [7, 11) is 0. The van der Waals surface area contributed by atoms with Crippen molar-refractivity contribution in [1.82, 2.24) is 10.2 Å². The molecule has 1 saturated heterocycles. The highest BCUT2D eigenvalue weighted by Crippen LogP contribution is 1.98. The zero-order chi connectivity index (χ0) is 11.3. The van der Waals surface area contributed by atoms with Crippen LogP contribution in [0.1, 0.15) is 0 Å². The number of ether oxygens (including phenoxy) is 1. The second-order valence-corrected chi connectivity index (χ2v) is 3.49. The number of urea groups is 1. The van der Waals surface area contributed by atoms with Crippen molar-refractivity contribution in [3.8, 4) is 0 Å². The van der Waals surface area contributed by atoms with Gasteiger partial charge in [0.25, 0.3) is 0 Å². The van der Waals surface area contributed by atoms with Crippen molar-refractivity contribution < 1.29 is 19.4 Å². The minimum Gasteiger partial charge on any atom is -0.480 e. The molecule has 86 valence electrons. The van der Waals surface area contributed by atoms with E-state index in [0.29, 0.717) is 26.3 Å². The first-order valence-corrected chi connectivity index (χ1v) is 5.25. The van der Waals surface area contributed by atoms with Crippen LogP contribution in [0.2, 0.25) is 0 Å². The SMILES string of the molecule is O=C(O)[C@H](CS)NC(=O)N1CCOCC1. The number of aliphatic carboxylic acids is 1. The van der Waals surface area contributed by atoms with Crippen LogP contribution in [0.4, 0.5) is 4.79 Å². The molecule has 0 bridgehead atoms. The molecule has 1 aliphatic heterocycles. The third kappa shape index (κ3) is 3.60. The maximum Gasteiger partial charge on any atom is 0.327 e. The number of rotatable bonds is 3. The van der Waals surface area contributed by atoms with E-state index in [1.807, 2.05) is 0 Å². The molecular formula is C8H14N2O4S. The third-order valence-corrected chi connectivity index (χ3v) is 2.44. The van der Waals surface area contributed by atoms with Gasteiger partial charge >= 0.3 is 12.0 Å². The molecule has 0 aliphatic carbocycles. The molecule has 1 heterocycles. The summed E-state index contributed by atoms with van der Waals surface area (Å²) in [5.41, 5.74) is 0. The topological polar surface area (TPSA) is 78.9 Å². The lowest BCUT2D eigenvalue weighted by atomic mass is 10.3. The molecular weight excluding hydrogens is 220 g/mol. The van der Waals surface area contributed by atoms with Crippen LogP contribution in [-0.4, -0.2) is 60.1 Å². The fourth-order valence-electron chi connectivity index (χ4n) is 1.19. The Morgan fingerprint density at radius 2 is 2.07 bits per heavy atom. The number of hydrogen-bond acceptors (Lipinski definition) is 4. The van der Waals surface area contributed by atoms with Crippen molar-refractivity contribution in [1.29, 1.82) is 0 Å². The molecule has 0 radical (unpaired) electrons. The number of nitrogens with zero attached hydrogens (tertiary/aromatic N) is 1. The van der Waals surface area contributed by atoms with Gasteiger partial charge in [-0.05, 0) is 0 Å². The molecule has 0 aromatic rings. The molecule has 0 saturated carbocycles. The van der Waals surface area contributed by atoms with Crippen LogP contribution >= 0.6 is 12.6 Å². The average Bonchev–Trinajstić information content (AvgIpc) is 2.26. The summed E-state index contributed by atoms with van der Waals surface area (Å²) in [6.45, 7) is 1.97. The Balaban J connectivity index is 2.42. The fourth-order valence-corrected chi connectivity index (χ4v) is 1.44. The van der Waals surface area contributed by atoms with E-state index >= 15 is 0 Å². The number of hydrogen-bond donors (Lipinski definition) is 3. The largest absolute Gasteiger partial charge is 0.480 e. The second kappa shape index (κ2) is 5.82. The molecule has 1 rings (SSSR count). The number of amides is 2. The van der Waals surface area contributed by atoms with Crippen LogP contribution in [-0.2, 0) is 9.53 Å². The lowest BCUT2D eigenvalue weighted by Crippen LogP contribution is -2.51. The summed E-state index contributed by atoms with van der Waals surface area (Å²) in [5, 5.41) is 11.1. The van der Waals surface area contributed by atoms with Crippen molar-refractivity contribution >= 4 is 24.6 Å². The lowest BCUT2D eigenvalue weighted by molar-refractivity contribution is -0.138. The van der Waals surface area contributed by atoms with Crippen molar-refractivity contribution in [3.63, 3.8) is 0 Å². The van der Waals surface area contributed by atoms with E-state index in [4.69, 9.17) is 9.84 Å². The maximum atomic E-state index is 11.5. The first kappa shape index (κ1) is 12.1. The number of nitrogens with one attached hydrogen (secondary N) is 1. The van der Waals surface area contributed by atoms with E-state index in [1.165, 1.54) is 4.90 Å².